The van der Waals surface area contributed by atoms with Gasteiger partial charge in [-0.05, 0) is 23.8 Å². The molecule has 0 aliphatic carbocycles. The molecule has 0 atom stereocenters. The molecule has 110 valence electrons. The third kappa shape index (κ3) is 3.31. The second-order valence-electron chi connectivity index (χ2n) is 4.58. The number of hydrogen-bond acceptors (Lipinski definition) is 2. The molecular formula is C14H14BrN3O2S. The van der Waals surface area contributed by atoms with E-state index >= 15 is 0 Å². The normalized spacial score (nSPS) is 11.3. The summed E-state index contributed by atoms with van der Waals surface area (Å²) < 4.78 is 26.5. The molecule has 3 rings (SSSR count). The van der Waals surface area contributed by atoms with Crippen LogP contribution < -0.4 is 26.7 Å². The molecule has 2 N–H and O–H groups in total. The van der Waals surface area contributed by atoms with Crippen molar-refractivity contribution in [3.63, 3.8) is 0 Å². The number of halogens is 1. The minimum atomic E-state index is -3.63. The number of primary sulfonamides is 1. The van der Waals surface area contributed by atoms with E-state index in [9.17, 15) is 8.42 Å². The van der Waals surface area contributed by atoms with Crippen molar-refractivity contribution in [2.75, 3.05) is 0 Å². The Bertz CT molecular complexity index is 857. The topological polar surface area (TPSA) is 68.5 Å². The molecule has 0 saturated carbocycles. The first-order chi connectivity index (χ1) is 9.54. The zero-order valence-electron chi connectivity index (χ0n) is 11.1. The highest BCUT2D eigenvalue weighted by Gasteiger charge is 2.10. The lowest BCUT2D eigenvalue weighted by atomic mass is 10.2. The van der Waals surface area contributed by atoms with E-state index in [-0.39, 0.29) is 21.9 Å². The minimum Gasteiger partial charge on any atom is -1.00 e. The van der Waals surface area contributed by atoms with E-state index in [1.165, 1.54) is 12.1 Å². The first-order valence-electron chi connectivity index (χ1n) is 6.11. The van der Waals surface area contributed by atoms with Crippen LogP contribution in [0.15, 0.2) is 66.0 Å². The van der Waals surface area contributed by atoms with E-state index in [1.54, 1.807) is 12.1 Å². The molecule has 0 bridgehead atoms. The van der Waals surface area contributed by atoms with Gasteiger partial charge in [0.2, 0.25) is 10.0 Å². The Labute approximate surface area is 133 Å². The molecule has 0 fully saturated rings. The van der Waals surface area contributed by atoms with E-state index < -0.39 is 10.0 Å². The van der Waals surface area contributed by atoms with Crippen molar-refractivity contribution < 1.29 is 30.0 Å². The number of nitrogens with zero attached hydrogens (tertiary/aromatic N) is 2. The first kappa shape index (κ1) is 15.7. The van der Waals surface area contributed by atoms with Gasteiger partial charge in [0.1, 0.15) is 18.9 Å². The quantitative estimate of drug-likeness (QED) is 0.540. The lowest BCUT2D eigenvalue weighted by molar-refractivity contribution is -0.661. The third-order valence-corrected chi connectivity index (χ3v) is 4.10. The number of aromatic nitrogens is 2. The zero-order chi connectivity index (χ0) is 14.2. The van der Waals surface area contributed by atoms with Crippen LogP contribution >= 0.6 is 0 Å². The Kier molecular flexibility index (Phi) is 4.46. The summed E-state index contributed by atoms with van der Waals surface area (Å²) in [5, 5.41) is 5.08. The largest absolute Gasteiger partial charge is 1.00 e. The molecule has 3 aromatic rings. The second kappa shape index (κ2) is 5.97. The van der Waals surface area contributed by atoms with Gasteiger partial charge in [-0.25, -0.2) is 22.5 Å². The van der Waals surface area contributed by atoms with Gasteiger partial charge in [-0.1, -0.05) is 18.2 Å². The van der Waals surface area contributed by atoms with Gasteiger partial charge in [-0.15, -0.1) is 0 Å². The maximum Gasteiger partial charge on any atom is 0.286 e. The van der Waals surface area contributed by atoms with Crippen molar-refractivity contribution in [1.82, 2.24) is 4.40 Å². The van der Waals surface area contributed by atoms with Gasteiger partial charge in [0, 0.05) is 6.07 Å². The number of benzene rings is 1. The monoisotopic (exact) mass is 367 g/mol. The van der Waals surface area contributed by atoms with E-state index in [0.717, 1.165) is 11.2 Å². The Balaban J connectivity index is 0.00000161. The van der Waals surface area contributed by atoms with E-state index in [0.29, 0.717) is 6.54 Å². The van der Waals surface area contributed by atoms with Gasteiger partial charge in [0.15, 0.2) is 0 Å². The summed E-state index contributed by atoms with van der Waals surface area (Å²) in [6.45, 7) is 0.672. The lowest BCUT2D eigenvalue weighted by Gasteiger charge is -2.01. The molecule has 0 spiro atoms. The smallest absolute Gasteiger partial charge is 0.286 e. The number of fused-ring (bicyclic) bond motifs is 1. The Morgan fingerprint density at radius 2 is 1.76 bits per heavy atom. The van der Waals surface area contributed by atoms with Crippen LogP contribution in [0.3, 0.4) is 0 Å². The number of hydrogen-bond donors (Lipinski definition) is 1. The van der Waals surface area contributed by atoms with Crippen LogP contribution in [0.25, 0.3) is 5.65 Å². The summed E-state index contributed by atoms with van der Waals surface area (Å²) in [6, 6.07) is 12.6. The van der Waals surface area contributed by atoms with Gasteiger partial charge < -0.3 is 17.0 Å². The number of imidazole rings is 1. The molecule has 1 aromatic carbocycles. The highest BCUT2D eigenvalue weighted by molar-refractivity contribution is 7.89. The van der Waals surface area contributed by atoms with Gasteiger partial charge in [0.05, 0.1) is 11.1 Å². The molecule has 21 heavy (non-hydrogen) atoms. The van der Waals surface area contributed by atoms with Gasteiger partial charge in [-0.3, -0.25) is 0 Å². The van der Waals surface area contributed by atoms with Gasteiger partial charge in [0.25, 0.3) is 5.65 Å². The van der Waals surface area contributed by atoms with Crippen molar-refractivity contribution in [2.45, 2.75) is 11.4 Å². The highest BCUT2D eigenvalue weighted by Crippen LogP contribution is 2.09. The molecule has 0 aliphatic heterocycles. The van der Waals surface area contributed by atoms with Crippen LogP contribution in [0, 0.1) is 0 Å². The SMILES string of the molecule is NS(=O)(=O)c1ccc(C[n+]2ccn3ccccc32)cc1.[Br-]. The minimum absolute atomic E-state index is 0. The highest BCUT2D eigenvalue weighted by atomic mass is 79.9. The summed E-state index contributed by atoms with van der Waals surface area (Å²) in [6.07, 6.45) is 5.95. The summed E-state index contributed by atoms with van der Waals surface area (Å²) in [4.78, 5) is 0.132. The average molecular weight is 368 g/mol. The summed E-state index contributed by atoms with van der Waals surface area (Å²) >= 11 is 0. The predicted octanol–water partition coefficient (Wildman–Crippen LogP) is -2.07. The van der Waals surface area contributed by atoms with Crippen molar-refractivity contribution in [3.05, 3.63) is 66.6 Å². The third-order valence-electron chi connectivity index (χ3n) is 3.17. The Hall–Kier alpha value is -1.70. The molecular weight excluding hydrogens is 354 g/mol. The number of nitrogens with two attached hydrogens (primary N) is 1. The average Bonchev–Trinajstić information content (AvgIpc) is 2.82. The van der Waals surface area contributed by atoms with Crippen molar-refractivity contribution in [1.29, 1.82) is 0 Å². The lowest BCUT2D eigenvalue weighted by Crippen LogP contribution is -3.00. The maximum absolute atomic E-state index is 11.2. The van der Waals surface area contributed by atoms with E-state index in [2.05, 4.69) is 4.57 Å². The fourth-order valence-corrected chi connectivity index (χ4v) is 2.68. The van der Waals surface area contributed by atoms with E-state index in [4.69, 9.17) is 5.14 Å². The van der Waals surface area contributed by atoms with Crippen molar-refractivity contribution in [2.24, 2.45) is 5.14 Å². The summed E-state index contributed by atoms with van der Waals surface area (Å²) in [5.74, 6) is 0. The molecule has 0 saturated heterocycles. The summed E-state index contributed by atoms with van der Waals surface area (Å²) in [5.41, 5.74) is 2.09. The number of rotatable bonds is 3. The van der Waals surface area contributed by atoms with E-state index in [1.807, 2.05) is 41.2 Å². The molecule has 0 radical (unpaired) electrons. The Morgan fingerprint density at radius 3 is 2.43 bits per heavy atom. The number of sulfonamides is 1. The number of pyridine rings is 1. The van der Waals surface area contributed by atoms with Gasteiger partial charge >= 0.3 is 0 Å². The Morgan fingerprint density at radius 1 is 1.05 bits per heavy atom. The van der Waals surface area contributed by atoms with Gasteiger partial charge in [-0.2, -0.15) is 0 Å². The van der Waals surface area contributed by atoms with Crippen LogP contribution in [-0.2, 0) is 16.6 Å². The molecule has 2 heterocycles. The fraction of sp³-hybridized carbons (Fsp3) is 0.0714. The second-order valence-corrected chi connectivity index (χ2v) is 6.14. The molecule has 0 amide bonds. The fourth-order valence-electron chi connectivity index (χ4n) is 2.16. The van der Waals surface area contributed by atoms with Crippen molar-refractivity contribution >= 4 is 15.7 Å². The van der Waals surface area contributed by atoms with Crippen LogP contribution in [0.2, 0.25) is 0 Å². The van der Waals surface area contributed by atoms with Crippen LogP contribution in [-0.4, -0.2) is 12.8 Å². The predicted molar refractivity (Wildman–Crippen MR) is 74.5 cm³/mol. The maximum atomic E-state index is 11.2. The summed E-state index contributed by atoms with van der Waals surface area (Å²) in [7, 11) is -3.63. The molecule has 0 aliphatic rings. The molecule has 5 nitrogen and oxygen atoms in total. The van der Waals surface area contributed by atoms with Crippen LogP contribution in [0.4, 0.5) is 0 Å². The first-order valence-corrected chi connectivity index (χ1v) is 7.65. The zero-order valence-corrected chi connectivity index (χ0v) is 13.5. The van der Waals surface area contributed by atoms with Crippen LogP contribution in [0.1, 0.15) is 5.56 Å². The molecule has 7 heteroatoms. The molecule has 2 aromatic heterocycles. The standard InChI is InChI=1S/C14H14N3O2S.BrH/c15-20(18,19)13-6-4-12(5-7-13)11-17-10-9-16-8-2-1-3-14(16)17;/h1-10H,11H2,(H2,15,18,19);1H/q+1;/p-1. The molecule has 0 unspecified atom stereocenters. The van der Waals surface area contributed by atoms with Crippen molar-refractivity contribution in [3.8, 4) is 0 Å². The van der Waals surface area contributed by atoms with Crippen LogP contribution in [0.5, 0.6) is 0 Å².